The largest absolute Gasteiger partial charge is 0.372 e. The van der Waals surface area contributed by atoms with Crippen molar-refractivity contribution < 1.29 is 4.79 Å². The van der Waals surface area contributed by atoms with Gasteiger partial charge in [-0.05, 0) is 54.2 Å². The Morgan fingerprint density at radius 2 is 1.82 bits per heavy atom. The number of nitrogens with zero attached hydrogens (tertiary/aromatic N) is 2. The van der Waals surface area contributed by atoms with Crippen molar-refractivity contribution in [3.63, 3.8) is 0 Å². The van der Waals surface area contributed by atoms with E-state index in [1.54, 1.807) is 17.0 Å². The summed E-state index contributed by atoms with van der Waals surface area (Å²) in [6, 6.07) is 14.1. The smallest absolute Gasteiger partial charge is 0.226 e. The van der Waals surface area contributed by atoms with E-state index in [2.05, 4.69) is 36.1 Å². The summed E-state index contributed by atoms with van der Waals surface area (Å²) in [5.41, 5.74) is 3.44. The minimum Gasteiger partial charge on any atom is -0.372 e. The van der Waals surface area contributed by atoms with Crippen LogP contribution in [-0.2, 0) is 11.2 Å². The molecule has 3 rings (SSSR count). The van der Waals surface area contributed by atoms with Crippen LogP contribution in [0.3, 0.4) is 0 Å². The van der Waals surface area contributed by atoms with Gasteiger partial charge in [0.05, 0.1) is 16.5 Å². The molecule has 6 heteroatoms. The number of anilines is 1. The van der Waals surface area contributed by atoms with Gasteiger partial charge in [-0.1, -0.05) is 48.3 Å². The number of carbonyl (C=O) groups excluding carboxylic acids is 1. The van der Waals surface area contributed by atoms with Crippen LogP contribution in [0, 0.1) is 0 Å². The number of benzene rings is 2. The molecule has 0 N–H and O–H groups in total. The molecule has 0 radical (unpaired) electrons. The van der Waals surface area contributed by atoms with Gasteiger partial charge in [0.15, 0.2) is 0 Å². The Bertz CT molecular complexity index is 806. The van der Waals surface area contributed by atoms with E-state index in [1.807, 2.05) is 13.1 Å². The van der Waals surface area contributed by atoms with Crippen molar-refractivity contribution in [3.05, 3.63) is 63.6 Å². The third-order valence-corrected chi connectivity index (χ3v) is 5.96. The molecule has 1 atom stereocenters. The van der Waals surface area contributed by atoms with Crippen molar-refractivity contribution in [2.45, 2.75) is 32.1 Å². The van der Waals surface area contributed by atoms with Crippen molar-refractivity contribution in [2.75, 3.05) is 31.6 Å². The van der Waals surface area contributed by atoms with E-state index >= 15 is 0 Å². The number of hydrogen-bond donors (Lipinski definition) is 0. The highest BCUT2D eigenvalue weighted by molar-refractivity contribution is 6.42. The van der Waals surface area contributed by atoms with Gasteiger partial charge in [-0.2, -0.15) is 0 Å². The highest BCUT2D eigenvalue weighted by Crippen LogP contribution is 2.26. The Labute approximate surface area is 184 Å². The quantitative estimate of drug-likeness (QED) is 0.564. The number of hydrogen-bond acceptors (Lipinski definition) is 2. The molecular formula is C22H27Cl3N2O. The second-order valence-corrected chi connectivity index (χ2v) is 8.20. The number of amides is 1. The van der Waals surface area contributed by atoms with Crippen LogP contribution in [0.2, 0.25) is 10.0 Å². The van der Waals surface area contributed by atoms with Gasteiger partial charge in [0, 0.05) is 32.4 Å². The van der Waals surface area contributed by atoms with Gasteiger partial charge in [-0.25, -0.2) is 0 Å². The average Bonchev–Trinajstić information content (AvgIpc) is 3.19. The van der Waals surface area contributed by atoms with Crippen LogP contribution >= 0.6 is 35.6 Å². The molecule has 2 aromatic rings. The first-order valence-electron chi connectivity index (χ1n) is 9.47. The highest BCUT2D eigenvalue weighted by atomic mass is 35.5. The first-order chi connectivity index (χ1) is 12.9. The zero-order valence-corrected chi connectivity index (χ0v) is 18.7. The fraction of sp³-hybridized carbons (Fsp3) is 0.409. The van der Waals surface area contributed by atoms with Gasteiger partial charge in [0.1, 0.15) is 0 Å². The lowest BCUT2D eigenvalue weighted by atomic mass is 9.99. The van der Waals surface area contributed by atoms with Crippen LogP contribution in [0.25, 0.3) is 0 Å². The Morgan fingerprint density at radius 3 is 2.50 bits per heavy atom. The molecule has 2 aromatic carbocycles. The molecule has 1 aliphatic rings. The first kappa shape index (κ1) is 22.9. The molecular weight excluding hydrogens is 415 g/mol. The Hall–Kier alpha value is -1.42. The maximum absolute atomic E-state index is 12.6. The predicted octanol–water partition coefficient (Wildman–Crippen LogP) is 5.82. The molecule has 1 aliphatic heterocycles. The highest BCUT2D eigenvalue weighted by Gasteiger charge is 2.17. The number of likely N-dealkylation sites (N-methyl/N-ethyl adjacent to an activating group) is 1. The molecule has 3 nitrogen and oxygen atoms in total. The van der Waals surface area contributed by atoms with E-state index in [4.69, 9.17) is 23.2 Å². The summed E-state index contributed by atoms with van der Waals surface area (Å²) in [7, 11) is 1.86. The SMILES string of the molecule is CC(CN(C)C(=O)Cc1ccc(Cl)c(Cl)c1)c1cccc(N2CCCC2)c1.Cl. The summed E-state index contributed by atoms with van der Waals surface area (Å²) in [5, 5.41) is 0.990. The third-order valence-electron chi connectivity index (χ3n) is 5.22. The van der Waals surface area contributed by atoms with Crippen molar-refractivity contribution in [1.82, 2.24) is 4.90 Å². The summed E-state index contributed by atoms with van der Waals surface area (Å²) in [6.07, 6.45) is 2.87. The van der Waals surface area contributed by atoms with Crippen molar-refractivity contribution in [3.8, 4) is 0 Å². The van der Waals surface area contributed by atoms with E-state index < -0.39 is 0 Å². The molecule has 1 heterocycles. The molecule has 1 amide bonds. The summed E-state index contributed by atoms with van der Waals surface area (Å²) in [4.78, 5) is 16.8. The molecule has 1 saturated heterocycles. The molecule has 1 fully saturated rings. The summed E-state index contributed by atoms with van der Waals surface area (Å²) < 4.78 is 0. The third kappa shape index (κ3) is 5.79. The Balaban J connectivity index is 0.00000280. The molecule has 152 valence electrons. The number of halogens is 3. The molecule has 0 saturated carbocycles. The summed E-state index contributed by atoms with van der Waals surface area (Å²) >= 11 is 12.0. The molecule has 0 bridgehead atoms. The minimum atomic E-state index is 0. The molecule has 0 aromatic heterocycles. The standard InChI is InChI=1S/C22H26Cl2N2O.ClH/c1-16(18-6-5-7-19(14-18)26-10-3-4-11-26)15-25(2)22(27)13-17-8-9-20(23)21(24)12-17;/h5-9,12,14,16H,3-4,10-11,13,15H2,1-2H3;1H. The lowest BCUT2D eigenvalue weighted by Crippen LogP contribution is -2.31. The van der Waals surface area contributed by atoms with Crippen molar-refractivity contribution in [2.24, 2.45) is 0 Å². The van der Waals surface area contributed by atoms with E-state index in [0.29, 0.717) is 23.0 Å². The van der Waals surface area contributed by atoms with Crippen molar-refractivity contribution >= 4 is 47.2 Å². The monoisotopic (exact) mass is 440 g/mol. The number of rotatable bonds is 6. The molecule has 0 aliphatic carbocycles. The summed E-state index contributed by atoms with van der Waals surface area (Å²) in [5.74, 6) is 0.353. The van der Waals surface area contributed by atoms with Gasteiger partial charge in [-0.15, -0.1) is 12.4 Å². The Morgan fingerprint density at radius 1 is 1.11 bits per heavy atom. The van der Waals surface area contributed by atoms with Crippen LogP contribution in [0.15, 0.2) is 42.5 Å². The lowest BCUT2D eigenvalue weighted by molar-refractivity contribution is -0.129. The minimum absolute atomic E-state index is 0. The van der Waals surface area contributed by atoms with E-state index in [1.165, 1.54) is 24.1 Å². The zero-order valence-electron chi connectivity index (χ0n) is 16.3. The topological polar surface area (TPSA) is 23.6 Å². The first-order valence-corrected chi connectivity index (χ1v) is 10.2. The normalized spacial score (nSPS) is 14.5. The van der Waals surface area contributed by atoms with Gasteiger partial charge >= 0.3 is 0 Å². The molecule has 0 spiro atoms. The maximum Gasteiger partial charge on any atom is 0.226 e. The van der Waals surface area contributed by atoms with Crippen LogP contribution in [0.1, 0.15) is 36.8 Å². The van der Waals surface area contributed by atoms with Gasteiger partial charge in [0.25, 0.3) is 0 Å². The Kier molecular flexibility index (Phi) is 8.48. The fourth-order valence-electron chi connectivity index (χ4n) is 3.58. The number of carbonyl (C=O) groups is 1. The van der Waals surface area contributed by atoms with Crippen molar-refractivity contribution in [1.29, 1.82) is 0 Å². The second-order valence-electron chi connectivity index (χ2n) is 7.39. The van der Waals surface area contributed by atoms with E-state index in [0.717, 1.165) is 18.7 Å². The van der Waals surface area contributed by atoms with Crippen LogP contribution in [-0.4, -0.2) is 37.5 Å². The molecule has 28 heavy (non-hydrogen) atoms. The van der Waals surface area contributed by atoms with Crippen LogP contribution in [0.4, 0.5) is 5.69 Å². The molecule has 1 unspecified atom stereocenters. The van der Waals surface area contributed by atoms with E-state index in [9.17, 15) is 4.79 Å². The van der Waals surface area contributed by atoms with Crippen LogP contribution in [0.5, 0.6) is 0 Å². The fourth-order valence-corrected chi connectivity index (χ4v) is 3.90. The van der Waals surface area contributed by atoms with E-state index in [-0.39, 0.29) is 24.2 Å². The van der Waals surface area contributed by atoms with Gasteiger partial charge in [0.2, 0.25) is 5.91 Å². The lowest BCUT2D eigenvalue weighted by Gasteiger charge is -2.24. The average molecular weight is 442 g/mol. The summed E-state index contributed by atoms with van der Waals surface area (Å²) in [6.45, 7) is 5.13. The maximum atomic E-state index is 12.6. The predicted molar refractivity (Wildman–Crippen MR) is 121 cm³/mol. The van der Waals surface area contributed by atoms with Gasteiger partial charge in [-0.3, -0.25) is 4.79 Å². The van der Waals surface area contributed by atoms with Crippen LogP contribution < -0.4 is 4.90 Å². The zero-order chi connectivity index (χ0) is 19.4. The second kappa shape index (κ2) is 10.4. The van der Waals surface area contributed by atoms with Gasteiger partial charge < -0.3 is 9.80 Å².